The fourth-order valence-corrected chi connectivity index (χ4v) is 1.80. The summed E-state index contributed by atoms with van der Waals surface area (Å²) in [6.07, 6.45) is 7.03. The van der Waals surface area contributed by atoms with Crippen molar-refractivity contribution in [3.8, 4) is 0 Å². The molecule has 0 spiro atoms. The minimum Gasteiger partial charge on any atom is -0.481 e. The van der Waals surface area contributed by atoms with Crippen molar-refractivity contribution in [1.82, 2.24) is 0 Å². The number of hydrogen-bond acceptors (Lipinski definition) is 1. The Hall–Kier alpha value is -0.790. The highest BCUT2D eigenvalue weighted by atomic mass is 16.4. The van der Waals surface area contributed by atoms with Gasteiger partial charge in [0.15, 0.2) is 0 Å². The van der Waals surface area contributed by atoms with Gasteiger partial charge < -0.3 is 5.11 Å². The highest BCUT2D eigenvalue weighted by Crippen LogP contribution is 2.30. The average molecular weight is 240 g/mol. The van der Waals surface area contributed by atoms with Crippen LogP contribution in [0.1, 0.15) is 66.7 Å². The van der Waals surface area contributed by atoms with E-state index in [2.05, 4.69) is 26.8 Å². The zero-order valence-electron chi connectivity index (χ0n) is 12.0. The zero-order valence-corrected chi connectivity index (χ0v) is 12.0. The Bertz CT molecular complexity index is 264. The minimum atomic E-state index is -0.656. The molecule has 2 unspecified atom stereocenters. The highest BCUT2D eigenvalue weighted by molar-refractivity contribution is 5.73. The first-order valence-electron chi connectivity index (χ1n) is 6.68. The number of carboxylic acid groups (broad SMARTS) is 1. The lowest BCUT2D eigenvalue weighted by molar-refractivity contribution is -0.148. The molecule has 0 aromatic rings. The van der Waals surface area contributed by atoms with Crippen molar-refractivity contribution in [2.45, 2.75) is 66.7 Å². The van der Waals surface area contributed by atoms with Crippen LogP contribution in [0.25, 0.3) is 0 Å². The molecule has 0 rings (SSSR count). The van der Waals surface area contributed by atoms with Crippen molar-refractivity contribution in [2.24, 2.45) is 11.3 Å². The monoisotopic (exact) mass is 240 g/mol. The zero-order chi connectivity index (χ0) is 13.5. The van der Waals surface area contributed by atoms with Crippen molar-refractivity contribution in [3.05, 3.63) is 11.6 Å². The molecule has 0 aliphatic heterocycles. The summed E-state index contributed by atoms with van der Waals surface area (Å²) in [5, 5.41) is 9.18. The Morgan fingerprint density at radius 3 is 2.35 bits per heavy atom. The third kappa shape index (κ3) is 6.50. The fourth-order valence-electron chi connectivity index (χ4n) is 1.80. The van der Waals surface area contributed by atoms with Crippen LogP contribution in [-0.4, -0.2) is 11.1 Å². The lowest BCUT2D eigenvalue weighted by Crippen LogP contribution is -2.27. The summed E-state index contributed by atoms with van der Waals surface area (Å²) >= 11 is 0. The fraction of sp³-hybridized carbons (Fsp3) is 0.800. The number of aliphatic carboxylic acids is 1. The largest absolute Gasteiger partial charge is 0.481 e. The van der Waals surface area contributed by atoms with Crippen LogP contribution >= 0.6 is 0 Å². The molecule has 17 heavy (non-hydrogen) atoms. The van der Waals surface area contributed by atoms with Crippen LogP contribution in [0, 0.1) is 11.3 Å². The number of carboxylic acids is 1. The Morgan fingerprint density at radius 1 is 1.35 bits per heavy atom. The molecule has 0 aromatic carbocycles. The van der Waals surface area contributed by atoms with Gasteiger partial charge in [0.2, 0.25) is 0 Å². The molecule has 0 fully saturated rings. The van der Waals surface area contributed by atoms with Crippen molar-refractivity contribution in [2.75, 3.05) is 0 Å². The molecule has 2 atom stereocenters. The van der Waals surface area contributed by atoms with Crippen molar-refractivity contribution in [1.29, 1.82) is 0 Å². The van der Waals surface area contributed by atoms with Gasteiger partial charge in [0, 0.05) is 0 Å². The predicted molar refractivity (Wildman–Crippen MR) is 73.1 cm³/mol. The summed E-state index contributed by atoms with van der Waals surface area (Å²) in [5.74, 6) is -0.0488. The maximum absolute atomic E-state index is 11.2. The van der Waals surface area contributed by atoms with Gasteiger partial charge in [-0.15, -0.1) is 0 Å². The maximum Gasteiger partial charge on any atom is 0.309 e. The van der Waals surface area contributed by atoms with Crippen LogP contribution in [0.5, 0.6) is 0 Å². The van der Waals surface area contributed by atoms with Crippen molar-refractivity contribution < 1.29 is 9.90 Å². The Morgan fingerprint density at radius 2 is 1.94 bits per heavy atom. The van der Waals surface area contributed by atoms with Gasteiger partial charge in [0.1, 0.15) is 0 Å². The topological polar surface area (TPSA) is 37.3 Å². The molecule has 100 valence electrons. The van der Waals surface area contributed by atoms with E-state index in [1.165, 1.54) is 5.57 Å². The second kappa shape index (κ2) is 7.52. The molecule has 0 aliphatic carbocycles. The van der Waals surface area contributed by atoms with Crippen LogP contribution < -0.4 is 0 Å². The quantitative estimate of drug-likeness (QED) is 0.627. The summed E-state index contributed by atoms with van der Waals surface area (Å²) < 4.78 is 0. The van der Waals surface area contributed by atoms with Gasteiger partial charge >= 0.3 is 5.97 Å². The first kappa shape index (κ1) is 16.2. The summed E-state index contributed by atoms with van der Waals surface area (Å²) in [4.78, 5) is 11.2. The molecule has 0 heterocycles. The van der Waals surface area contributed by atoms with Gasteiger partial charge in [-0.2, -0.15) is 0 Å². The summed E-state index contributed by atoms with van der Waals surface area (Å²) in [6, 6.07) is 0. The maximum atomic E-state index is 11.2. The van der Waals surface area contributed by atoms with Gasteiger partial charge in [-0.05, 0) is 58.8 Å². The number of carbonyl (C=O) groups is 1. The molecule has 0 radical (unpaired) electrons. The molecule has 1 N–H and O–H groups in total. The molecule has 0 amide bonds. The summed E-state index contributed by atoms with van der Waals surface area (Å²) in [5.41, 5.74) is 0.825. The molecule has 0 saturated carbocycles. The summed E-state index contributed by atoms with van der Waals surface area (Å²) in [6.45, 7) is 10.3. The molecule has 0 bridgehead atoms. The second-order valence-electron chi connectivity index (χ2n) is 5.72. The third-order valence-electron chi connectivity index (χ3n) is 3.70. The SMILES string of the molecule is CCC(C)(CCC(C)CCC=C(C)C)C(=O)O. The van der Waals surface area contributed by atoms with Gasteiger partial charge in [0.25, 0.3) is 0 Å². The van der Waals surface area contributed by atoms with Crippen LogP contribution in [-0.2, 0) is 4.79 Å². The lowest BCUT2D eigenvalue weighted by Gasteiger charge is -2.24. The molecule has 0 aromatic heterocycles. The molecular weight excluding hydrogens is 212 g/mol. The highest BCUT2D eigenvalue weighted by Gasteiger charge is 2.30. The van der Waals surface area contributed by atoms with Gasteiger partial charge in [0.05, 0.1) is 5.41 Å². The molecule has 0 aliphatic rings. The predicted octanol–water partition coefficient (Wildman–Crippen LogP) is 4.65. The van der Waals surface area contributed by atoms with E-state index in [0.717, 1.165) is 25.7 Å². The van der Waals surface area contributed by atoms with E-state index in [9.17, 15) is 9.90 Å². The number of allylic oxidation sites excluding steroid dienone is 2. The van der Waals surface area contributed by atoms with Crippen LogP contribution in [0.2, 0.25) is 0 Å². The van der Waals surface area contributed by atoms with E-state index in [1.54, 1.807) is 0 Å². The Balaban J connectivity index is 4.02. The van der Waals surface area contributed by atoms with Crippen molar-refractivity contribution in [3.63, 3.8) is 0 Å². The van der Waals surface area contributed by atoms with E-state index in [4.69, 9.17) is 0 Å². The van der Waals surface area contributed by atoms with Gasteiger partial charge in [-0.3, -0.25) is 4.79 Å². The van der Waals surface area contributed by atoms with Crippen LogP contribution in [0.15, 0.2) is 11.6 Å². The molecular formula is C15H28O2. The van der Waals surface area contributed by atoms with E-state index in [1.807, 2.05) is 13.8 Å². The van der Waals surface area contributed by atoms with Crippen LogP contribution in [0.4, 0.5) is 0 Å². The first-order chi connectivity index (χ1) is 7.81. The smallest absolute Gasteiger partial charge is 0.309 e. The van der Waals surface area contributed by atoms with E-state index < -0.39 is 11.4 Å². The van der Waals surface area contributed by atoms with E-state index in [-0.39, 0.29) is 0 Å². The van der Waals surface area contributed by atoms with E-state index in [0.29, 0.717) is 12.3 Å². The average Bonchev–Trinajstić information content (AvgIpc) is 2.25. The van der Waals surface area contributed by atoms with Gasteiger partial charge in [-0.1, -0.05) is 25.5 Å². The minimum absolute atomic E-state index is 0.537. The standard InChI is InChI=1S/C15H28O2/c1-6-15(5,14(16)17)11-10-13(4)9-7-8-12(2)3/h8,13H,6-7,9-11H2,1-5H3,(H,16,17). The van der Waals surface area contributed by atoms with Crippen molar-refractivity contribution >= 4 is 5.97 Å². The third-order valence-corrected chi connectivity index (χ3v) is 3.70. The normalized spacial score (nSPS) is 16.1. The second-order valence-corrected chi connectivity index (χ2v) is 5.72. The lowest BCUT2D eigenvalue weighted by atomic mass is 9.80. The summed E-state index contributed by atoms with van der Waals surface area (Å²) in [7, 11) is 0. The molecule has 2 nitrogen and oxygen atoms in total. The van der Waals surface area contributed by atoms with E-state index >= 15 is 0 Å². The van der Waals surface area contributed by atoms with Crippen LogP contribution in [0.3, 0.4) is 0 Å². The molecule has 0 saturated heterocycles. The molecule has 2 heteroatoms. The Kier molecular flexibility index (Phi) is 7.17. The Labute approximate surface area is 106 Å². The number of rotatable bonds is 8. The number of hydrogen-bond donors (Lipinski definition) is 1. The first-order valence-corrected chi connectivity index (χ1v) is 6.68. The van der Waals surface area contributed by atoms with Gasteiger partial charge in [-0.25, -0.2) is 0 Å².